The average Bonchev–Trinajstić information content (AvgIpc) is 2.94. The summed E-state index contributed by atoms with van der Waals surface area (Å²) in [5.74, 6) is 0.564. The fourth-order valence-corrected chi connectivity index (χ4v) is 2.68. The Morgan fingerprint density at radius 2 is 2.32 bits per heavy atom. The summed E-state index contributed by atoms with van der Waals surface area (Å²) in [5.41, 5.74) is 1.47. The Morgan fingerprint density at radius 1 is 1.45 bits per heavy atom. The number of aromatic nitrogens is 4. The zero-order chi connectivity index (χ0) is 15.5. The lowest BCUT2D eigenvalue weighted by Crippen LogP contribution is -2.36. The van der Waals surface area contributed by atoms with Crippen LogP contribution in [0, 0.1) is 5.92 Å². The molecule has 0 aliphatic carbocycles. The first-order valence-electron chi connectivity index (χ1n) is 7.37. The molecule has 1 aliphatic rings. The maximum absolute atomic E-state index is 12.4. The third-order valence-electron chi connectivity index (χ3n) is 3.92. The van der Waals surface area contributed by atoms with Gasteiger partial charge in [-0.2, -0.15) is 0 Å². The minimum atomic E-state index is -0.118. The van der Waals surface area contributed by atoms with Crippen LogP contribution in [0.15, 0.2) is 24.8 Å². The number of amides is 1. The fourth-order valence-electron chi connectivity index (χ4n) is 2.68. The molecule has 2 unspecified atom stereocenters. The maximum Gasteiger partial charge on any atom is 0.230 e. The highest BCUT2D eigenvalue weighted by atomic mass is 16.5. The van der Waals surface area contributed by atoms with Crippen LogP contribution < -0.4 is 5.32 Å². The van der Waals surface area contributed by atoms with E-state index in [2.05, 4.69) is 20.5 Å². The molecule has 1 saturated heterocycles. The standard InChI is InChI=1S/C15H19N5O2/c1-10-13(4-3-5-22-10)15(21)18-12-6-11(7-16-8-12)14-19-17-9-20(14)2/h6-10,13H,3-5H2,1-2H3,(H,18,21). The molecule has 1 aliphatic heterocycles. The Labute approximate surface area is 128 Å². The molecule has 2 aromatic rings. The normalized spacial score (nSPS) is 21.5. The predicted octanol–water partition coefficient (Wildman–Crippen LogP) is 1.63. The molecule has 3 heterocycles. The molecule has 0 radical (unpaired) electrons. The number of hydrogen-bond donors (Lipinski definition) is 1. The second-order valence-electron chi connectivity index (χ2n) is 5.54. The molecule has 0 aromatic carbocycles. The van der Waals surface area contributed by atoms with E-state index in [1.165, 1.54) is 0 Å². The van der Waals surface area contributed by atoms with Crippen molar-refractivity contribution < 1.29 is 9.53 Å². The number of anilines is 1. The Balaban J connectivity index is 1.75. The number of aryl methyl sites for hydroxylation is 1. The van der Waals surface area contributed by atoms with Crippen molar-refractivity contribution in [3.05, 3.63) is 24.8 Å². The summed E-state index contributed by atoms with van der Waals surface area (Å²) in [5, 5.41) is 10.8. The molecule has 1 amide bonds. The average molecular weight is 301 g/mol. The molecule has 2 atom stereocenters. The Morgan fingerprint density at radius 3 is 3.05 bits per heavy atom. The van der Waals surface area contributed by atoms with Crippen molar-refractivity contribution in [3.63, 3.8) is 0 Å². The first-order chi connectivity index (χ1) is 10.6. The molecule has 1 fully saturated rings. The van der Waals surface area contributed by atoms with Gasteiger partial charge in [0.15, 0.2) is 5.82 Å². The molecule has 7 heteroatoms. The largest absolute Gasteiger partial charge is 0.378 e. The second kappa shape index (κ2) is 6.23. The van der Waals surface area contributed by atoms with Crippen molar-refractivity contribution in [1.29, 1.82) is 0 Å². The van der Waals surface area contributed by atoms with Gasteiger partial charge in [0.2, 0.25) is 5.91 Å². The number of hydrogen-bond acceptors (Lipinski definition) is 5. The van der Waals surface area contributed by atoms with E-state index in [4.69, 9.17) is 4.74 Å². The minimum Gasteiger partial charge on any atom is -0.378 e. The van der Waals surface area contributed by atoms with Gasteiger partial charge in [0.1, 0.15) is 6.33 Å². The van der Waals surface area contributed by atoms with E-state index < -0.39 is 0 Å². The number of ether oxygens (including phenoxy) is 1. The zero-order valence-electron chi connectivity index (χ0n) is 12.7. The third kappa shape index (κ3) is 2.99. The van der Waals surface area contributed by atoms with E-state index in [0.717, 1.165) is 25.0 Å². The summed E-state index contributed by atoms with van der Waals surface area (Å²) in [6.07, 6.45) is 6.67. The van der Waals surface area contributed by atoms with Gasteiger partial charge < -0.3 is 14.6 Å². The molecule has 0 spiro atoms. The SMILES string of the molecule is CC1OCCCC1C(=O)Nc1cncc(-c2nncn2C)c1. The summed E-state index contributed by atoms with van der Waals surface area (Å²) < 4.78 is 7.35. The molecule has 7 nitrogen and oxygen atoms in total. The maximum atomic E-state index is 12.4. The lowest BCUT2D eigenvalue weighted by atomic mass is 9.94. The monoisotopic (exact) mass is 301 g/mol. The van der Waals surface area contributed by atoms with E-state index in [-0.39, 0.29) is 17.9 Å². The fraction of sp³-hybridized carbons (Fsp3) is 0.467. The van der Waals surface area contributed by atoms with E-state index >= 15 is 0 Å². The number of carbonyl (C=O) groups is 1. The van der Waals surface area contributed by atoms with Gasteiger partial charge in [-0.05, 0) is 25.8 Å². The number of carbonyl (C=O) groups excluding carboxylic acids is 1. The van der Waals surface area contributed by atoms with Crippen LogP contribution in [0.4, 0.5) is 5.69 Å². The highest BCUT2D eigenvalue weighted by Gasteiger charge is 2.28. The van der Waals surface area contributed by atoms with Gasteiger partial charge in [-0.3, -0.25) is 9.78 Å². The highest BCUT2D eigenvalue weighted by Crippen LogP contribution is 2.23. The van der Waals surface area contributed by atoms with Gasteiger partial charge in [-0.15, -0.1) is 10.2 Å². The van der Waals surface area contributed by atoms with Crippen LogP contribution in [0.3, 0.4) is 0 Å². The number of rotatable bonds is 3. The van der Waals surface area contributed by atoms with E-state index in [0.29, 0.717) is 11.5 Å². The van der Waals surface area contributed by atoms with Crippen LogP contribution >= 0.6 is 0 Å². The van der Waals surface area contributed by atoms with Crippen LogP contribution in [0.1, 0.15) is 19.8 Å². The first-order valence-corrected chi connectivity index (χ1v) is 7.37. The summed E-state index contributed by atoms with van der Waals surface area (Å²) >= 11 is 0. The Bertz CT molecular complexity index is 669. The van der Waals surface area contributed by atoms with Crippen molar-refractivity contribution in [1.82, 2.24) is 19.7 Å². The molecule has 0 saturated carbocycles. The molecule has 1 N–H and O–H groups in total. The Hall–Kier alpha value is -2.28. The molecule has 22 heavy (non-hydrogen) atoms. The quantitative estimate of drug-likeness (QED) is 0.931. The van der Waals surface area contributed by atoms with Gasteiger partial charge >= 0.3 is 0 Å². The van der Waals surface area contributed by atoms with Crippen molar-refractivity contribution >= 4 is 11.6 Å². The lowest BCUT2D eigenvalue weighted by Gasteiger charge is -2.28. The molecular weight excluding hydrogens is 282 g/mol. The van der Waals surface area contributed by atoms with E-state index in [1.54, 1.807) is 23.3 Å². The lowest BCUT2D eigenvalue weighted by molar-refractivity contribution is -0.127. The third-order valence-corrected chi connectivity index (χ3v) is 3.92. The van der Waals surface area contributed by atoms with Crippen LogP contribution in [0.2, 0.25) is 0 Å². The highest BCUT2D eigenvalue weighted by molar-refractivity contribution is 5.93. The summed E-state index contributed by atoms with van der Waals surface area (Å²) in [6, 6.07) is 1.85. The smallest absolute Gasteiger partial charge is 0.230 e. The van der Waals surface area contributed by atoms with Crippen molar-refractivity contribution in [2.24, 2.45) is 13.0 Å². The summed E-state index contributed by atoms with van der Waals surface area (Å²) in [6.45, 7) is 2.67. The first kappa shape index (κ1) is 14.6. The summed E-state index contributed by atoms with van der Waals surface area (Å²) in [4.78, 5) is 16.6. The minimum absolute atomic E-state index is 0.0240. The molecule has 0 bridgehead atoms. The number of pyridine rings is 1. The Kier molecular flexibility index (Phi) is 4.15. The van der Waals surface area contributed by atoms with Gasteiger partial charge in [0.25, 0.3) is 0 Å². The molecule has 3 rings (SSSR count). The van der Waals surface area contributed by atoms with Gasteiger partial charge in [-0.25, -0.2) is 0 Å². The van der Waals surface area contributed by atoms with E-state index in [9.17, 15) is 4.79 Å². The van der Waals surface area contributed by atoms with Crippen LogP contribution in [-0.2, 0) is 16.6 Å². The molecular formula is C15H19N5O2. The van der Waals surface area contributed by atoms with Crippen LogP contribution in [-0.4, -0.2) is 38.4 Å². The van der Waals surface area contributed by atoms with Crippen molar-refractivity contribution in [2.75, 3.05) is 11.9 Å². The number of nitrogens with zero attached hydrogens (tertiary/aromatic N) is 4. The predicted molar refractivity (Wildman–Crippen MR) is 81.0 cm³/mol. The second-order valence-corrected chi connectivity index (χ2v) is 5.54. The van der Waals surface area contributed by atoms with Crippen LogP contribution in [0.25, 0.3) is 11.4 Å². The van der Waals surface area contributed by atoms with Gasteiger partial charge in [0, 0.05) is 25.4 Å². The number of nitrogens with one attached hydrogen (secondary N) is 1. The molecule has 2 aromatic heterocycles. The summed E-state index contributed by atoms with van der Waals surface area (Å²) in [7, 11) is 1.86. The molecule has 116 valence electrons. The van der Waals surface area contributed by atoms with Crippen molar-refractivity contribution in [2.45, 2.75) is 25.9 Å². The zero-order valence-corrected chi connectivity index (χ0v) is 12.7. The van der Waals surface area contributed by atoms with Gasteiger partial charge in [-0.1, -0.05) is 0 Å². The van der Waals surface area contributed by atoms with Crippen LogP contribution in [0.5, 0.6) is 0 Å². The van der Waals surface area contributed by atoms with Gasteiger partial charge in [0.05, 0.1) is 23.9 Å². The van der Waals surface area contributed by atoms with E-state index in [1.807, 2.05) is 20.0 Å². The topological polar surface area (TPSA) is 81.9 Å². The van der Waals surface area contributed by atoms with Crippen molar-refractivity contribution in [3.8, 4) is 11.4 Å².